The number of pyridine rings is 1. The molecular weight excluding hydrogens is 499 g/mol. The third-order valence-electron chi connectivity index (χ3n) is 4.37. The Hall–Kier alpha value is -2.18. The van der Waals surface area contributed by atoms with Gasteiger partial charge in [0.15, 0.2) is 11.5 Å². The minimum Gasteiger partial charge on any atom is -0.422 e. The molecule has 0 unspecified atom stereocenters. The van der Waals surface area contributed by atoms with Crippen molar-refractivity contribution in [3.63, 3.8) is 0 Å². The number of carbonyl (C=O) groups excluding carboxylic acids is 2. The fourth-order valence-corrected chi connectivity index (χ4v) is 5.85. The molecule has 13 heteroatoms. The predicted molar refractivity (Wildman–Crippen MR) is 125 cm³/mol. The Morgan fingerprint density at radius 2 is 2.03 bits per heavy atom. The summed E-state index contributed by atoms with van der Waals surface area (Å²) in [6, 6.07) is 6.17. The molecule has 9 nitrogen and oxygen atoms in total. The largest absolute Gasteiger partial charge is 0.422 e. The molecule has 1 aliphatic heterocycles. The highest BCUT2D eigenvalue weighted by Gasteiger charge is 2.41. The van der Waals surface area contributed by atoms with Gasteiger partial charge in [-0.2, -0.15) is 0 Å². The molecule has 1 amide bonds. The molecule has 2 aromatic rings. The first kappa shape index (κ1) is 26.1. The Kier molecular flexibility index (Phi) is 8.66. The summed E-state index contributed by atoms with van der Waals surface area (Å²) in [4.78, 5) is 31.5. The number of thiophene rings is 1. The molecule has 0 atom stereocenters. The van der Waals surface area contributed by atoms with Gasteiger partial charge in [-0.1, -0.05) is 17.7 Å². The van der Waals surface area contributed by atoms with Gasteiger partial charge in [0.1, 0.15) is 10.7 Å². The molecule has 0 saturated heterocycles. The Balaban J connectivity index is 0.00000363. The van der Waals surface area contributed by atoms with Gasteiger partial charge < -0.3 is 15.0 Å². The van der Waals surface area contributed by atoms with E-state index in [0.29, 0.717) is 13.0 Å². The monoisotopic (exact) mass is 520 g/mol. The van der Waals surface area contributed by atoms with E-state index in [1.165, 1.54) is 19.3 Å². The lowest BCUT2D eigenvalue weighted by atomic mass is 10.2. The van der Waals surface area contributed by atoms with Crippen molar-refractivity contribution >= 4 is 68.8 Å². The molecule has 0 spiro atoms. The minimum absolute atomic E-state index is 0. The Morgan fingerprint density at radius 1 is 1.31 bits per heavy atom. The van der Waals surface area contributed by atoms with Crippen LogP contribution >= 0.6 is 35.3 Å². The summed E-state index contributed by atoms with van der Waals surface area (Å²) in [5, 5.41) is 2.54. The summed E-state index contributed by atoms with van der Waals surface area (Å²) >= 11 is 6.98. The number of ether oxygens (including phenoxy) is 1. The summed E-state index contributed by atoms with van der Waals surface area (Å²) in [7, 11) is 0.926. The van der Waals surface area contributed by atoms with Gasteiger partial charge in [-0.15, -0.1) is 23.7 Å². The van der Waals surface area contributed by atoms with Crippen molar-refractivity contribution in [2.75, 3.05) is 33.0 Å². The summed E-state index contributed by atoms with van der Waals surface area (Å²) in [6.07, 6.45) is 2.12. The number of anilines is 1. The van der Waals surface area contributed by atoms with Crippen LogP contribution in [0.2, 0.25) is 4.34 Å². The first-order chi connectivity index (χ1) is 14.6. The van der Waals surface area contributed by atoms with E-state index < -0.39 is 21.9 Å². The van der Waals surface area contributed by atoms with Crippen LogP contribution in [-0.2, 0) is 24.3 Å². The Labute approximate surface area is 201 Å². The number of carbonyl (C=O) groups is 2. The highest BCUT2D eigenvalue weighted by atomic mass is 35.5. The molecule has 174 valence electrons. The van der Waals surface area contributed by atoms with Crippen LogP contribution in [0.5, 0.6) is 0 Å². The van der Waals surface area contributed by atoms with E-state index in [4.69, 9.17) is 16.3 Å². The lowest BCUT2D eigenvalue weighted by Crippen LogP contribution is -2.37. The van der Waals surface area contributed by atoms with Gasteiger partial charge in [0.05, 0.1) is 9.21 Å². The number of hydrogen-bond donors (Lipinski definition) is 1. The van der Waals surface area contributed by atoms with E-state index >= 15 is 0 Å². The Bertz CT molecular complexity index is 1130. The third kappa shape index (κ3) is 5.59. The number of rotatable bonds is 7. The highest BCUT2D eigenvalue weighted by Crippen LogP contribution is 2.43. The molecule has 32 heavy (non-hydrogen) atoms. The zero-order chi connectivity index (χ0) is 22.8. The second-order valence-corrected chi connectivity index (χ2v) is 10.6. The van der Waals surface area contributed by atoms with Crippen molar-refractivity contribution in [3.05, 3.63) is 45.4 Å². The van der Waals surface area contributed by atoms with E-state index in [1.54, 1.807) is 18.2 Å². The number of aromatic nitrogens is 1. The number of nitrogens with one attached hydrogen (secondary N) is 1. The van der Waals surface area contributed by atoms with Gasteiger partial charge in [-0.25, -0.2) is 13.4 Å². The van der Waals surface area contributed by atoms with Gasteiger partial charge >= 0.3 is 5.97 Å². The van der Waals surface area contributed by atoms with Crippen molar-refractivity contribution in [3.8, 4) is 0 Å². The average Bonchev–Trinajstić information content (AvgIpc) is 3.09. The van der Waals surface area contributed by atoms with Crippen molar-refractivity contribution in [1.29, 1.82) is 0 Å². The number of amides is 1. The molecule has 2 aromatic heterocycles. The van der Waals surface area contributed by atoms with Gasteiger partial charge in [0, 0.05) is 19.7 Å². The number of esters is 1. The van der Waals surface area contributed by atoms with Gasteiger partial charge in [0.25, 0.3) is 15.9 Å². The SMILES string of the molecule is CN(C)CCCC(=O)OC1=C(C(=O)Nc2ccccn2)N(C)S(=O)(=O)c2cc(Cl)sc21.Cl. The maximum atomic E-state index is 13.0. The normalized spacial score (nSPS) is 14.6. The van der Waals surface area contributed by atoms with Crippen molar-refractivity contribution in [2.24, 2.45) is 0 Å². The molecule has 1 aliphatic rings. The molecular formula is C19H22Cl2N4O5S2. The molecule has 3 heterocycles. The first-order valence-electron chi connectivity index (χ1n) is 9.22. The van der Waals surface area contributed by atoms with E-state index in [-0.39, 0.29) is 50.2 Å². The second-order valence-electron chi connectivity index (χ2n) is 6.94. The molecule has 0 aliphatic carbocycles. The minimum atomic E-state index is -4.06. The smallest absolute Gasteiger partial charge is 0.311 e. The Morgan fingerprint density at radius 3 is 2.66 bits per heavy atom. The van der Waals surface area contributed by atoms with E-state index in [2.05, 4.69) is 10.3 Å². The molecule has 0 fully saturated rings. The van der Waals surface area contributed by atoms with Crippen LogP contribution in [0.1, 0.15) is 17.7 Å². The maximum absolute atomic E-state index is 13.0. The van der Waals surface area contributed by atoms with Crippen LogP contribution in [0.3, 0.4) is 0 Å². The van der Waals surface area contributed by atoms with Crippen molar-refractivity contribution in [1.82, 2.24) is 14.2 Å². The zero-order valence-corrected chi connectivity index (χ0v) is 20.7. The molecule has 3 rings (SSSR count). The summed E-state index contributed by atoms with van der Waals surface area (Å²) in [5.41, 5.74) is -0.322. The summed E-state index contributed by atoms with van der Waals surface area (Å²) in [6.45, 7) is 0.672. The van der Waals surface area contributed by atoms with Gasteiger partial charge in [0.2, 0.25) is 0 Å². The first-order valence-corrected chi connectivity index (χ1v) is 11.9. The lowest BCUT2D eigenvalue weighted by Gasteiger charge is -2.28. The summed E-state index contributed by atoms with van der Waals surface area (Å²) < 4.78 is 32.4. The van der Waals surface area contributed by atoms with E-state index in [0.717, 1.165) is 15.6 Å². The van der Waals surface area contributed by atoms with Crippen LogP contribution in [0, 0.1) is 0 Å². The van der Waals surface area contributed by atoms with E-state index in [1.807, 2.05) is 19.0 Å². The number of halogens is 2. The molecule has 0 bridgehead atoms. The maximum Gasteiger partial charge on any atom is 0.311 e. The average molecular weight is 521 g/mol. The fourth-order valence-electron chi connectivity index (χ4n) is 2.87. The predicted octanol–water partition coefficient (Wildman–Crippen LogP) is 3.04. The fraction of sp³-hybridized carbons (Fsp3) is 0.316. The van der Waals surface area contributed by atoms with Crippen LogP contribution in [0.25, 0.3) is 5.76 Å². The number of likely N-dealkylation sites (N-methyl/N-ethyl adjacent to an activating group) is 1. The standard InChI is InChI=1S/C19H21ClN4O5S2.ClH/c1-23(2)10-6-8-15(25)29-17-16(19(26)22-14-7-4-5-9-21-14)24(3)31(27,28)12-11-13(20)30-18(12)17;/h4-5,7,9,11H,6,8,10H2,1-3H3,(H,21,22,26);1H. The van der Waals surface area contributed by atoms with Crippen LogP contribution < -0.4 is 5.32 Å². The topological polar surface area (TPSA) is 109 Å². The van der Waals surface area contributed by atoms with Crippen LogP contribution in [-0.4, -0.2) is 62.2 Å². The second kappa shape index (κ2) is 10.6. The third-order valence-corrected chi connectivity index (χ3v) is 7.54. The van der Waals surface area contributed by atoms with Gasteiger partial charge in [-0.05, 0) is 45.3 Å². The molecule has 1 N–H and O–H groups in total. The van der Waals surface area contributed by atoms with Gasteiger partial charge in [-0.3, -0.25) is 13.9 Å². The highest BCUT2D eigenvalue weighted by molar-refractivity contribution is 7.89. The number of nitrogens with zero attached hydrogens (tertiary/aromatic N) is 3. The number of fused-ring (bicyclic) bond motifs is 1. The van der Waals surface area contributed by atoms with Crippen LogP contribution in [0.15, 0.2) is 41.1 Å². The van der Waals surface area contributed by atoms with Crippen molar-refractivity contribution in [2.45, 2.75) is 17.7 Å². The van der Waals surface area contributed by atoms with E-state index in [9.17, 15) is 18.0 Å². The molecule has 0 aromatic carbocycles. The van der Waals surface area contributed by atoms with Crippen molar-refractivity contribution < 1.29 is 22.7 Å². The molecule has 0 radical (unpaired) electrons. The lowest BCUT2D eigenvalue weighted by molar-refractivity contribution is -0.136. The quantitative estimate of drug-likeness (QED) is 0.558. The number of hydrogen-bond acceptors (Lipinski definition) is 8. The zero-order valence-electron chi connectivity index (χ0n) is 17.5. The van der Waals surface area contributed by atoms with Crippen LogP contribution in [0.4, 0.5) is 5.82 Å². The molecule has 0 saturated carbocycles. The number of sulfonamides is 1. The summed E-state index contributed by atoms with van der Waals surface area (Å²) in [5.74, 6) is -1.29.